The number of phenolic OH excluding ortho intramolecular Hbond substituents is 1. The van der Waals surface area contributed by atoms with E-state index >= 15 is 0 Å². The Hall–Kier alpha value is -8.18. The number of nitro groups is 2. The lowest BCUT2D eigenvalue weighted by molar-refractivity contribution is -0.385. The summed E-state index contributed by atoms with van der Waals surface area (Å²) in [5, 5.41) is 37.4. The van der Waals surface area contributed by atoms with E-state index in [2.05, 4.69) is 68.0 Å². The zero-order valence-corrected chi connectivity index (χ0v) is 55.3. The SMILES string of the molecule is C.CC(C)(C)OC(=O)Nc1nccc(Cl)c1Cl.CC1(C)CCCC(C)(C)N1.Clc1ccncc1Cl.Nc1ccc(Oc2ccnc(N)c2Cl)c(F)c1.Nc1nccc(Oc2ccc([N+](=O)[O-])cc2F)c1Cl.O=COc1nccc(Cl)c1Cl.O=[N+]([O-])c1ccc(O)c(F)c1. The summed E-state index contributed by atoms with van der Waals surface area (Å²) < 4.78 is 59.4. The lowest BCUT2D eigenvalue weighted by atomic mass is 9.83. The number of carbonyl (C=O) groups excluding carboxylic acids is 2. The van der Waals surface area contributed by atoms with Crippen molar-refractivity contribution in [2.75, 3.05) is 22.5 Å². The van der Waals surface area contributed by atoms with E-state index in [4.69, 9.17) is 129 Å². The maximum Gasteiger partial charge on any atom is 0.413 e. The smallest absolute Gasteiger partial charge is 0.413 e. The molecule has 9 rings (SSSR count). The van der Waals surface area contributed by atoms with Crippen LogP contribution in [-0.4, -0.2) is 69.1 Å². The van der Waals surface area contributed by atoms with Gasteiger partial charge in [-0.15, -0.1) is 0 Å². The number of nitrogen functional groups attached to an aromatic ring is 3. The molecule has 1 saturated heterocycles. The summed E-state index contributed by atoms with van der Waals surface area (Å²) in [4.78, 5) is 59.1. The minimum absolute atomic E-state index is 0. The number of benzene rings is 3. The minimum Gasteiger partial charge on any atom is -0.505 e. The van der Waals surface area contributed by atoms with Gasteiger partial charge in [-0.25, -0.2) is 37.9 Å². The van der Waals surface area contributed by atoms with E-state index in [1.54, 1.807) is 33.0 Å². The van der Waals surface area contributed by atoms with Crippen molar-refractivity contribution in [1.29, 1.82) is 0 Å². The molecule has 34 heteroatoms. The topological polar surface area (TPSA) is 344 Å². The Morgan fingerprint density at radius 2 is 1.09 bits per heavy atom. The normalized spacial score (nSPS) is 12.1. The highest BCUT2D eigenvalue weighted by molar-refractivity contribution is 6.44. The summed E-state index contributed by atoms with van der Waals surface area (Å²) >= 11 is 45.5. The number of halogens is 11. The average molecular weight is 1450 g/mol. The zero-order chi connectivity index (χ0) is 69.3. The molecule has 23 nitrogen and oxygen atoms in total. The third-order valence-corrected chi connectivity index (χ3v) is 13.9. The van der Waals surface area contributed by atoms with E-state index in [1.807, 2.05) is 0 Å². The molecular weight excluding hydrogens is 1390 g/mol. The van der Waals surface area contributed by atoms with Gasteiger partial charge in [-0.2, -0.15) is 0 Å². The third kappa shape index (κ3) is 28.7. The van der Waals surface area contributed by atoms with Crippen LogP contribution in [0.3, 0.4) is 0 Å². The number of hydrogen-bond donors (Lipinski definition) is 6. The fraction of sp³-hybridized carbons (Fsp3) is 0.237. The van der Waals surface area contributed by atoms with Crippen molar-refractivity contribution in [3.63, 3.8) is 0 Å². The first-order chi connectivity index (χ1) is 42.9. The number of hydrogen-bond acceptors (Lipinski definition) is 20. The highest BCUT2D eigenvalue weighted by Crippen LogP contribution is 2.36. The average Bonchev–Trinajstić information content (AvgIpc) is 0.910. The summed E-state index contributed by atoms with van der Waals surface area (Å²) in [6.45, 7) is 14.7. The second-order valence-corrected chi connectivity index (χ2v) is 23.6. The first-order valence-electron chi connectivity index (χ1n) is 26.0. The fourth-order valence-electron chi connectivity index (χ4n) is 6.98. The molecule has 1 fully saturated rings. The lowest BCUT2D eigenvalue weighted by Crippen LogP contribution is -2.55. The molecule has 93 heavy (non-hydrogen) atoms. The van der Waals surface area contributed by atoms with Crippen molar-refractivity contribution < 1.29 is 56.7 Å². The maximum absolute atomic E-state index is 13.6. The van der Waals surface area contributed by atoms with E-state index in [0.717, 1.165) is 36.4 Å². The summed E-state index contributed by atoms with van der Waals surface area (Å²) in [5.74, 6) is -2.47. The number of piperidine rings is 1. The summed E-state index contributed by atoms with van der Waals surface area (Å²) in [6, 6.07) is 17.3. The van der Waals surface area contributed by atoms with E-state index < -0.39 is 44.7 Å². The van der Waals surface area contributed by atoms with Crippen LogP contribution in [0.4, 0.5) is 52.5 Å². The van der Waals surface area contributed by atoms with Crippen molar-refractivity contribution in [2.45, 2.75) is 91.8 Å². The number of aromatic hydroxyl groups is 1. The van der Waals surface area contributed by atoms with E-state index in [9.17, 15) is 43.0 Å². The van der Waals surface area contributed by atoms with Gasteiger partial charge in [0.2, 0.25) is 5.88 Å². The van der Waals surface area contributed by atoms with Gasteiger partial charge in [0, 0.05) is 84.3 Å². The van der Waals surface area contributed by atoms with E-state index in [1.165, 1.54) is 86.6 Å². The molecule has 1 aliphatic rings. The second kappa shape index (κ2) is 38.1. The van der Waals surface area contributed by atoms with Crippen LogP contribution in [0.25, 0.3) is 0 Å². The molecule has 500 valence electrons. The number of aromatic nitrogens is 5. The number of pyridine rings is 5. The third-order valence-electron chi connectivity index (χ3n) is 10.9. The summed E-state index contributed by atoms with van der Waals surface area (Å²) in [6.07, 6.45) is 12.1. The highest BCUT2D eigenvalue weighted by Gasteiger charge is 2.31. The number of non-ortho nitro benzene ring substituents is 2. The molecule has 9 N–H and O–H groups in total. The Bertz CT molecular complexity index is 3790. The van der Waals surface area contributed by atoms with Crippen molar-refractivity contribution in [3.05, 3.63) is 200 Å². The molecule has 0 atom stereocenters. The molecule has 0 spiro atoms. The molecule has 6 heterocycles. The van der Waals surface area contributed by atoms with Gasteiger partial charge in [0.25, 0.3) is 17.8 Å². The largest absolute Gasteiger partial charge is 0.505 e. The van der Waals surface area contributed by atoms with Crippen molar-refractivity contribution >= 4 is 140 Å². The number of rotatable bonds is 9. The van der Waals surface area contributed by atoms with Crippen LogP contribution in [0.1, 0.15) is 75.2 Å². The monoisotopic (exact) mass is 1450 g/mol. The predicted octanol–water partition coefficient (Wildman–Crippen LogP) is 18.4. The quantitative estimate of drug-likeness (QED) is 0.0338. The van der Waals surface area contributed by atoms with Crippen LogP contribution in [0.5, 0.6) is 34.6 Å². The zero-order valence-electron chi connectivity index (χ0n) is 49.3. The molecule has 0 radical (unpaired) electrons. The predicted molar refractivity (Wildman–Crippen MR) is 357 cm³/mol. The molecule has 8 aromatic rings. The number of nitrogens with zero attached hydrogens (tertiary/aromatic N) is 7. The second-order valence-electron chi connectivity index (χ2n) is 20.4. The number of nitro benzene ring substituents is 2. The van der Waals surface area contributed by atoms with Crippen LogP contribution in [0.2, 0.25) is 40.2 Å². The Morgan fingerprint density at radius 3 is 1.52 bits per heavy atom. The number of amides is 1. The number of phenols is 1. The van der Waals surface area contributed by atoms with Gasteiger partial charge >= 0.3 is 6.09 Å². The van der Waals surface area contributed by atoms with Crippen LogP contribution >= 0.6 is 92.8 Å². The molecule has 1 amide bonds. The van der Waals surface area contributed by atoms with Crippen LogP contribution in [0.15, 0.2) is 122 Å². The van der Waals surface area contributed by atoms with E-state index in [0.29, 0.717) is 42.9 Å². The highest BCUT2D eigenvalue weighted by atomic mass is 35.5. The molecule has 0 saturated carbocycles. The lowest BCUT2D eigenvalue weighted by Gasteiger charge is -2.42. The van der Waals surface area contributed by atoms with Crippen LogP contribution in [0, 0.1) is 37.7 Å². The molecular formula is C59H61Cl8F3N12O11. The van der Waals surface area contributed by atoms with Crippen LogP contribution < -0.4 is 42.0 Å². The fourth-order valence-corrected chi connectivity index (χ4v) is 8.11. The maximum atomic E-state index is 13.6. The Kier molecular flexibility index (Phi) is 33.2. The number of ether oxygens (including phenoxy) is 4. The Balaban J connectivity index is 0.000000375. The first kappa shape index (κ1) is 80.9. The summed E-state index contributed by atoms with van der Waals surface area (Å²) in [5.41, 5.74) is 16.1. The number of carbonyl (C=O) groups is 2. The van der Waals surface area contributed by atoms with Crippen molar-refractivity contribution in [1.82, 2.24) is 30.2 Å². The molecule has 0 aliphatic carbocycles. The van der Waals surface area contributed by atoms with Crippen molar-refractivity contribution in [2.24, 2.45) is 0 Å². The number of nitrogens with one attached hydrogen (secondary N) is 2. The minimum atomic E-state index is -0.987. The van der Waals surface area contributed by atoms with E-state index in [-0.39, 0.29) is 91.7 Å². The summed E-state index contributed by atoms with van der Waals surface area (Å²) in [7, 11) is 0. The molecule has 0 unspecified atom stereocenters. The van der Waals surface area contributed by atoms with Gasteiger partial charge in [-0.3, -0.25) is 35.3 Å². The van der Waals surface area contributed by atoms with Gasteiger partial charge < -0.3 is 46.6 Å². The van der Waals surface area contributed by atoms with Crippen LogP contribution in [-0.2, 0) is 9.53 Å². The number of anilines is 4. The standard InChI is InChI=1S/C11H7ClFN3O3.C11H9ClFN3O.C10H12Cl2N2O2.C9H19N.C6H3Cl2NO2.C6H4FNO3.C5H3Cl2N.CH4/c12-10-9(3-4-15-11(10)14)19-8-2-1-6(16(17)18)5-7(8)13;12-10-9(3-4-16-11(10)15)17-8-2-1-6(14)5-7(8)13;1-10(2,3)16-9(15)14-8-7(12)6(11)4-5-13-8;1-8(2)6-5-7-9(3,4)10-8;7-4-1-2-9-6(5(4)8)11-3-10;7-5-3-4(8(10)11)1-2-6(5)9;6-4-1-2-8-3-5(4)7;/h1-5H,(H2,14,15);1-5H,14H2,(H2,15,16);4-5H,1-3H3,(H,13,14,15);10H,5-7H2,1-4H3;1-3H;1-3,9H;1-3H;1H4. The van der Waals surface area contributed by atoms with Gasteiger partial charge in [-0.1, -0.05) is 100 Å². The Labute approximate surface area is 572 Å². The van der Waals surface area contributed by atoms with Gasteiger partial charge in [-0.05, 0) is 110 Å². The van der Waals surface area contributed by atoms with Gasteiger partial charge in [0.1, 0.15) is 37.3 Å². The molecule has 1 aliphatic heterocycles. The van der Waals surface area contributed by atoms with Gasteiger partial charge in [0.05, 0.1) is 42.1 Å². The molecule has 5 aromatic heterocycles. The number of nitrogens with two attached hydrogens (primary N) is 3. The molecule has 0 bridgehead atoms. The van der Waals surface area contributed by atoms with Crippen molar-refractivity contribution in [3.8, 4) is 34.6 Å². The Morgan fingerprint density at radius 1 is 0.624 bits per heavy atom. The first-order valence-corrected chi connectivity index (χ1v) is 29.0. The molecule has 3 aromatic carbocycles. The van der Waals surface area contributed by atoms with Gasteiger partial charge in [0.15, 0.2) is 52.0 Å².